The van der Waals surface area contributed by atoms with Crippen molar-refractivity contribution in [1.29, 1.82) is 0 Å². The highest BCUT2D eigenvalue weighted by molar-refractivity contribution is 7.08. The topological polar surface area (TPSA) is 58.6 Å². The lowest BCUT2D eigenvalue weighted by atomic mass is 9.85. The van der Waals surface area contributed by atoms with E-state index in [9.17, 15) is 9.59 Å². The van der Waals surface area contributed by atoms with Gasteiger partial charge < -0.3 is 15.0 Å². The van der Waals surface area contributed by atoms with Gasteiger partial charge in [-0.15, -0.1) is 0 Å². The third-order valence-corrected chi connectivity index (χ3v) is 6.02. The lowest BCUT2D eigenvalue weighted by Crippen LogP contribution is -2.63. The van der Waals surface area contributed by atoms with Crippen LogP contribution >= 0.6 is 11.3 Å². The Balaban J connectivity index is 1.19. The molecule has 2 amide bonds. The number of nitrogens with zero attached hydrogens (tertiary/aromatic N) is 1. The van der Waals surface area contributed by atoms with Crippen LogP contribution in [-0.4, -0.2) is 48.6 Å². The fourth-order valence-corrected chi connectivity index (χ4v) is 4.38. The maximum atomic E-state index is 12.3. The molecule has 0 aromatic carbocycles. The lowest BCUT2D eigenvalue weighted by molar-refractivity contribution is -0.157. The minimum absolute atomic E-state index is 0.150. The SMILES string of the molecule is O=C(CC1COC2(C1)CN(C(=O)Cc1ccsc1)C2)NCC1CC1. The second kappa shape index (κ2) is 6.48. The highest BCUT2D eigenvalue weighted by atomic mass is 32.1. The Hall–Kier alpha value is -1.40. The zero-order chi connectivity index (χ0) is 16.6. The maximum absolute atomic E-state index is 12.3. The van der Waals surface area contributed by atoms with Gasteiger partial charge in [0.15, 0.2) is 0 Å². The van der Waals surface area contributed by atoms with E-state index in [0.29, 0.717) is 38.5 Å². The van der Waals surface area contributed by atoms with Crippen molar-refractivity contribution in [2.45, 2.75) is 37.7 Å². The monoisotopic (exact) mass is 348 g/mol. The molecule has 0 radical (unpaired) electrons. The Bertz CT molecular complexity index is 606. The van der Waals surface area contributed by atoms with Gasteiger partial charge in [0.25, 0.3) is 0 Å². The number of nitrogens with one attached hydrogen (secondary N) is 1. The summed E-state index contributed by atoms with van der Waals surface area (Å²) >= 11 is 1.62. The fourth-order valence-electron chi connectivity index (χ4n) is 3.71. The molecule has 1 N–H and O–H groups in total. The second-order valence-electron chi connectivity index (χ2n) is 7.57. The van der Waals surface area contributed by atoms with E-state index in [1.54, 1.807) is 11.3 Å². The van der Waals surface area contributed by atoms with Gasteiger partial charge in [0.1, 0.15) is 5.60 Å². The van der Waals surface area contributed by atoms with Crippen molar-refractivity contribution in [2.24, 2.45) is 11.8 Å². The summed E-state index contributed by atoms with van der Waals surface area (Å²) in [6, 6.07) is 2.00. The van der Waals surface area contributed by atoms with E-state index < -0.39 is 0 Å². The third kappa shape index (κ3) is 3.64. The maximum Gasteiger partial charge on any atom is 0.227 e. The molecular formula is C18H24N2O3S. The zero-order valence-electron chi connectivity index (χ0n) is 13.8. The minimum atomic E-state index is -0.189. The molecule has 3 aliphatic rings. The summed E-state index contributed by atoms with van der Waals surface area (Å²) < 4.78 is 5.97. The molecule has 5 nitrogen and oxygen atoms in total. The van der Waals surface area contributed by atoms with Gasteiger partial charge in [0.2, 0.25) is 11.8 Å². The van der Waals surface area contributed by atoms with Crippen LogP contribution in [0.3, 0.4) is 0 Å². The smallest absolute Gasteiger partial charge is 0.227 e. The Labute approximate surface area is 146 Å². The van der Waals surface area contributed by atoms with Crippen molar-refractivity contribution in [1.82, 2.24) is 10.2 Å². The molecule has 6 heteroatoms. The van der Waals surface area contributed by atoms with Crippen LogP contribution in [-0.2, 0) is 20.7 Å². The van der Waals surface area contributed by atoms with Crippen molar-refractivity contribution in [3.05, 3.63) is 22.4 Å². The highest BCUT2D eigenvalue weighted by Crippen LogP contribution is 2.39. The van der Waals surface area contributed by atoms with Crippen molar-refractivity contribution in [3.63, 3.8) is 0 Å². The van der Waals surface area contributed by atoms with Gasteiger partial charge in [-0.05, 0) is 53.5 Å². The van der Waals surface area contributed by atoms with Crippen LogP contribution in [0, 0.1) is 11.8 Å². The molecule has 4 rings (SSSR count). The largest absolute Gasteiger partial charge is 0.371 e. The fraction of sp³-hybridized carbons (Fsp3) is 0.667. The first kappa shape index (κ1) is 16.1. The van der Waals surface area contributed by atoms with Crippen molar-refractivity contribution < 1.29 is 14.3 Å². The Morgan fingerprint density at radius 3 is 2.88 bits per heavy atom. The van der Waals surface area contributed by atoms with Crippen LogP contribution in [0.2, 0.25) is 0 Å². The summed E-state index contributed by atoms with van der Waals surface area (Å²) in [6.07, 6.45) is 4.44. The molecule has 2 aliphatic heterocycles. The van der Waals surface area contributed by atoms with Crippen LogP contribution in [0.4, 0.5) is 0 Å². The second-order valence-corrected chi connectivity index (χ2v) is 8.35. The predicted octanol–water partition coefficient (Wildman–Crippen LogP) is 1.82. The Kier molecular flexibility index (Phi) is 4.35. The van der Waals surface area contributed by atoms with Crippen molar-refractivity contribution >= 4 is 23.2 Å². The molecule has 3 heterocycles. The molecule has 1 saturated carbocycles. The number of hydrogen-bond donors (Lipinski definition) is 1. The zero-order valence-corrected chi connectivity index (χ0v) is 14.6. The number of carbonyl (C=O) groups is 2. The molecule has 1 aromatic heterocycles. The van der Waals surface area contributed by atoms with Gasteiger partial charge in [-0.2, -0.15) is 11.3 Å². The number of rotatable bonds is 6. The number of likely N-dealkylation sites (tertiary alicyclic amines) is 1. The number of hydrogen-bond acceptors (Lipinski definition) is 4. The number of amides is 2. The molecule has 3 fully saturated rings. The molecule has 1 atom stereocenters. The molecular weight excluding hydrogens is 324 g/mol. The lowest BCUT2D eigenvalue weighted by Gasteiger charge is -2.47. The van der Waals surface area contributed by atoms with Crippen LogP contribution in [0.25, 0.3) is 0 Å². The molecule has 1 unspecified atom stereocenters. The number of ether oxygens (including phenoxy) is 1. The van der Waals surface area contributed by atoms with E-state index >= 15 is 0 Å². The normalized spacial score (nSPS) is 24.8. The molecule has 1 aromatic rings. The first-order valence-electron chi connectivity index (χ1n) is 8.81. The van der Waals surface area contributed by atoms with Crippen LogP contribution in [0.15, 0.2) is 16.8 Å². The van der Waals surface area contributed by atoms with Gasteiger partial charge in [0, 0.05) is 13.0 Å². The van der Waals surface area contributed by atoms with E-state index in [1.165, 1.54) is 12.8 Å². The van der Waals surface area contributed by atoms with Gasteiger partial charge in [0.05, 0.1) is 26.1 Å². The average molecular weight is 348 g/mol. The Morgan fingerprint density at radius 1 is 1.33 bits per heavy atom. The molecule has 24 heavy (non-hydrogen) atoms. The summed E-state index contributed by atoms with van der Waals surface area (Å²) in [7, 11) is 0. The van der Waals surface area contributed by atoms with Crippen LogP contribution < -0.4 is 5.32 Å². The Morgan fingerprint density at radius 2 is 2.17 bits per heavy atom. The summed E-state index contributed by atoms with van der Waals surface area (Å²) in [5.74, 6) is 1.33. The molecule has 0 bridgehead atoms. The van der Waals surface area contributed by atoms with Crippen LogP contribution in [0.1, 0.15) is 31.2 Å². The number of thiophene rings is 1. The van der Waals surface area contributed by atoms with Gasteiger partial charge >= 0.3 is 0 Å². The third-order valence-electron chi connectivity index (χ3n) is 5.29. The minimum Gasteiger partial charge on any atom is -0.371 e. The van der Waals surface area contributed by atoms with Crippen molar-refractivity contribution in [2.75, 3.05) is 26.2 Å². The quantitative estimate of drug-likeness (QED) is 0.853. The molecule has 1 spiro atoms. The summed E-state index contributed by atoms with van der Waals surface area (Å²) in [6.45, 7) is 2.83. The standard InChI is InChI=1S/C18H24N2O3S/c21-16(19-8-13-1-2-13)5-15-7-18(23-9-15)11-20(12-18)17(22)6-14-3-4-24-10-14/h3-4,10,13,15H,1-2,5-9,11-12H2,(H,19,21). The van der Waals surface area contributed by atoms with Gasteiger partial charge in [-0.25, -0.2) is 0 Å². The average Bonchev–Trinajstić information content (AvgIpc) is 3.02. The van der Waals surface area contributed by atoms with Crippen molar-refractivity contribution in [3.8, 4) is 0 Å². The van der Waals surface area contributed by atoms with Crippen LogP contribution in [0.5, 0.6) is 0 Å². The van der Waals surface area contributed by atoms with Gasteiger partial charge in [-0.3, -0.25) is 9.59 Å². The summed E-state index contributed by atoms with van der Waals surface area (Å²) in [5, 5.41) is 7.05. The van der Waals surface area contributed by atoms with Gasteiger partial charge in [-0.1, -0.05) is 0 Å². The van der Waals surface area contributed by atoms with E-state index in [4.69, 9.17) is 4.74 Å². The summed E-state index contributed by atoms with van der Waals surface area (Å²) in [4.78, 5) is 26.1. The highest BCUT2D eigenvalue weighted by Gasteiger charge is 2.51. The van der Waals surface area contributed by atoms with E-state index in [-0.39, 0.29) is 17.4 Å². The summed E-state index contributed by atoms with van der Waals surface area (Å²) in [5.41, 5.74) is 0.898. The van der Waals surface area contributed by atoms with E-state index in [2.05, 4.69) is 5.32 Å². The molecule has 130 valence electrons. The van der Waals surface area contributed by atoms with E-state index in [0.717, 1.165) is 24.4 Å². The first-order valence-corrected chi connectivity index (χ1v) is 9.76. The first-order chi connectivity index (χ1) is 11.6. The number of carbonyl (C=O) groups excluding carboxylic acids is 2. The molecule has 1 aliphatic carbocycles. The molecule has 2 saturated heterocycles. The predicted molar refractivity (Wildman–Crippen MR) is 91.7 cm³/mol. The van der Waals surface area contributed by atoms with E-state index in [1.807, 2.05) is 21.7 Å².